The van der Waals surface area contributed by atoms with Gasteiger partial charge in [0.15, 0.2) is 11.6 Å². The van der Waals surface area contributed by atoms with E-state index < -0.39 is 5.82 Å². The molecule has 2 N–H and O–H groups in total. The molecule has 0 aliphatic carbocycles. The average Bonchev–Trinajstić information content (AvgIpc) is 3.03. The first-order valence-electron chi connectivity index (χ1n) is 7.23. The SMILES string of the molecule is Nc1ccc(Oc2ncnc3occ(-c4ccccc4)c23)c(F)c1. The van der Waals surface area contributed by atoms with Crippen molar-refractivity contribution in [1.82, 2.24) is 9.97 Å². The van der Waals surface area contributed by atoms with Gasteiger partial charge in [-0.25, -0.2) is 14.4 Å². The largest absolute Gasteiger partial charge is 0.445 e. The van der Waals surface area contributed by atoms with Gasteiger partial charge in [0.05, 0.1) is 0 Å². The fourth-order valence-corrected chi connectivity index (χ4v) is 2.46. The quantitative estimate of drug-likeness (QED) is 0.566. The molecule has 0 saturated carbocycles. The molecule has 5 nitrogen and oxygen atoms in total. The van der Waals surface area contributed by atoms with Gasteiger partial charge in [-0.05, 0) is 17.7 Å². The summed E-state index contributed by atoms with van der Waals surface area (Å²) in [7, 11) is 0. The van der Waals surface area contributed by atoms with Gasteiger partial charge >= 0.3 is 0 Å². The lowest BCUT2D eigenvalue weighted by Crippen LogP contribution is -1.94. The Bertz CT molecular complexity index is 1020. The van der Waals surface area contributed by atoms with Gasteiger partial charge in [0.1, 0.15) is 18.0 Å². The summed E-state index contributed by atoms with van der Waals surface area (Å²) < 4.78 is 25.2. The van der Waals surface area contributed by atoms with E-state index in [0.717, 1.165) is 11.1 Å². The van der Waals surface area contributed by atoms with E-state index in [9.17, 15) is 4.39 Å². The van der Waals surface area contributed by atoms with Gasteiger partial charge in [-0.2, -0.15) is 0 Å². The number of anilines is 1. The van der Waals surface area contributed by atoms with E-state index in [-0.39, 0.29) is 11.6 Å². The van der Waals surface area contributed by atoms with Gasteiger partial charge in [-0.3, -0.25) is 0 Å². The standard InChI is InChI=1S/C18H12FN3O2/c19-14-8-12(20)6-7-15(14)24-18-16-13(11-4-2-1-3-5-11)9-23-17(16)21-10-22-18/h1-10H,20H2. The third kappa shape index (κ3) is 2.44. The minimum absolute atomic E-state index is 0.0319. The van der Waals surface area contributed by atoms with Crippen LogP contribution < -0.4 is 10.5 Å². The van der Waals surface area contributed by atoms with E-state index >= 15 is 0 Å². The van der Waals surface area contributed by atoms with Crippen LogP contribution in [0.15, 0.2) is 65.5 Å². The maximum Gasteiger partial charge on any atom is 0.234 e. The predicted molar refractivity (Wildman–Crippen MR) is 88.1 cm³/mol. The Morgan fingerprint density at radius 2 is 1.88 bits per heavy atom. The van der Waals surface area contributed by atoms with Crippen molar-refractivity contribution in [2.24, 2.45) is 0 Å². The number of hydrogen-bond acceptors (Lipinski definition) is 5. The first-order chi connectivity index (χ1) is 11.7. The highest BCUT2D eigenvalue weighted by Crippen LogP contribution is 2.37. The van der Waals surface area contributed by atoms with Crippen LogP contribution in [-0.2, 0) is 0 Å². The van der Waals surface area contributed by atoms with Gasteiger partial charge in [0.2, 0.25) is 11.6 Å². The van der Waals surface area contributed by atoms with Crippen LogP contribution in [0.5, 0.6) is 11.6 Å². The minimum atomic E-state index is -0.563. The lowest BCUT2D eigenvalue weighted by Gasteiger charge is -2.08. The van der Waals surface area contributed by atoms with E-state index in [2.05, 4.69) is 9.97 Å². The third-order valence-electron chi connectivity index (χ3n) is 3.58. The van der Waals surface area contributed by atoms with E-state index in [0.29, 0.717) is 16.8 Å². The summed E-state index contributed by atoms with van der Waals surface area (Å²) in [5.74, 6) is -0.313. The molecule has 0 saturated heterocycles. The van der Waals surface area contributed by atoms with E-state index in [4.69, 9.17) is 14.9 Å². The molecule has 0 amide bonds. The highest BCUT2D eigenvalue weighted by Gasteiger charge is 2.17. The van der Waals surface area contributed by atoms with Crippen molar-refractivity contribution in [2.75, 3.05) is 5.73 Å². The lowest BCUT2D eigenvalue weighted by atomic mass is 10.1. The molecular formula is C18H12FN3O2. The van der Waals surface area contributed by atoms with Crippen molar-refractivity contribution < 1.29 is 13.5 Å². The monoisotopic (exact) mass is 321 g/mol. The van der Waals surface area contributed by atoms with Crippen LogP contribution in [-0.4, -0.2) is 9.97 Å². The molecule has 6 heteroatoms. The number of furan rings is 1. The first kappa shape index (κ1) is 14.2. The Labute approximate surface area is 136 Å². The average molecular weight is 321 g/mol. The number of benzene rings is 2. The normalized spacial score (nSPS) is 10.9. The van der Waals surface area contributed by atoms with Crippen molar-refractivity contribution >= 4 is 16.8 Å². The summed E-state index contributed by atoms with van der Waals surface area (Å²) in [5, 5.41) is 0.583. The lowest BCUT2D eigenvalue weighted by molar-refractivity contribution is 0.431. The van der Waals surface area contributed by atoms with E-state index in [1.807, 2.05) is 30.3 Å². The van der Waals surface area contributed by atoms with Crippen LogP contribution in [0.2, 0.25) is 0 Å². The van der Waals surface area contributed by atoms with Crippen LogP contribution in [0, 0.1) is 5.82 Å². The van der Waals surface area contributed by atoms with Crippen LogP contribution in [0.4, 0.5) is 10.1 Å². The fourth-order valence-electron chi connectivity index (χ4n) is 2.46. The smallest absolute Gasteiger partial charge is 0.234 e. The Hall–Kier alpha value is -3.41. The second kappa shape index (κ2) is 5.66. The molecule has 24 heavy (non-hydrogen) atoms. The Morgan fingerprint density at radius 3 is 2.67 bits per heavy atom. The number of halogens is 1. The summed E-state index contributed by atoms with van der Waals surface area (Å²) in [6.07, 6.45) is 2.89. The fraction of sp³-hybridized carbons (Fsp3) is 0. The number of nitrogens with zero attached hydrogens (tertiary/aromatic N) is 2. The summed E-state index contributed by atoms with van der Waals surface area (Å²) in [6, 6.07) is 13.8. The molecule has 4 rings (SSSR count). The molecule has 2 aromatic heterocycles. The highest BCUT2D eigenvalue weighted by molar-refractivity contribution is 5.95. The summed E-state index contributed by atoms with van der Waals surface area (Å²) in [5.41, 5.74) is 7.95. The molecule has 118 valence electrons. The Balaban J connectivity index is 1.85. The molecule has 0 spiro atoms. The number of nitrogens with two attached hydrogens (primary N) is 1. The number of aromatic nitrogens is 2. The first-order valence-corrected chi connectivity index (χ1v) is 7.23. The van der Waals surface area contributed by atoms with Crippen molar-refractivity contribution in [2.45, 2.75) is 0 Å². The Morgan fingerprint density at radius 1 is 1.04 bits per heavy atom. The molecule has 0 radical (unpaired) electrons. The van der Waals surface area contributed by atoms with E-state index in [1.165, 1.54) is 18.5 Å². The maximum absolute atomic E-state index is 14.0. The highest BCUT2D eigenvalue weighted by atomic mass is 19.1. The van der Waals surface area contributed by atoms with Crippen molar-refractivity contribution in [1.29, 1.82) is 0 Å². The molecule has 4 aromatic rings. The number of rotatable bonds is 3. The van der Waals surface area contributed by atoms with Crippen molar-refractivity contribution in [3.05, 3.63) is 66.9 Å². The summed E-state index contributed by atoms with van der Waals surface area (Å²) in [4.78, 5) is 8.23. The molecule has 0 bridgehead atoms. The van der Waals surface area contributed by atoms with E-state index in [1.54, 1.807) is 12.3 Å². The zero-order valence-corrected chi connectivity index (χ0v) is 12.4. The number of hydrogen-bond donors (Lipinski definition) is 1. The molecule has 0 aliphatic heterocycles. The van der Waals surface area contributed by atoms with Gasteiger partial charge < -0.3 is 14.9 Å². The van der Waals surface area contributed by atoms with Crippen LogP contribution in [0.25, 0.3) is 22.2 Å². The zero-order valence-electron chi connectivity index (χ0n) is 12.4. The molecule has 2 heterocycles. The maximum atomic E-state index is 14.0. The minimum Gasteiger partial charge on any atom is -0.445 e. The third-order valence-corrected chi connectivity index (χ3v) is 3.58. The van der Waals surface area contributed by atoms with Gasteiger partial charge in [-0.1, -0.05) is 30.3 Å². The number of ether oxygens (including phenoxy) is 1. The topological polar surface area (TPSA) is 74.2 Å². The molecule has 0 unspecified atom stereocenters. The molecule has 0 atom stereocenters. The second-order valence-corrected chi connectivity index (χ2v) is 5.17. The number of fused-ring (bicyclic) bond motifs is 1. The molecular weight excluding hydrogens is 309 g/mol. The summed E-state index contributed by atoms with van der Waals surface area (Å²) in [6.45, 7) is 0. The molecule has 0 aliphatic rings. The van der Waals surface area contributed by atoms with Crippen LogP contribution in [0.1, 0.15) is 0 Å². The summed E-state index contributed by atoms with van der Waals surface area (Å²) >= 11 is 0. The molecule has 0 fully saturated rings. The van der Waals surface area contributed by atoms with Gasteiger partial charge in [0.25, 0.3) is 0 Å². The van der Waals surface area contributed by atoms with Crippen molar-refractivity contribution in [3.8, 4) is 22.8 Å². The van der Waals surface area contributed by atoms with Crippen LogP contribution >= 0.6 is 0 Å². The second-order valence-electron chi connectivity index (χ2n) is 5.17. The number of nitrogen functional groups attached to an aromatic ring is 1. The van der Waals surface area contributed by atoms with Crippen LogP contribution in [0.3, 0.4) is 0 Å². The molecule has 2 aromatic carbocycles. The Kier molecular flexibility index (Phi) is 3.35. The van der Waals surface area contributed by atoms with Gasteiger partial charge in [0, 0.05) is 17.3 Å². The predicted octanol–water partition coefficient (Wildman–Crippen LogP) is 4.40. The van der Waals surface area contributed by atoms with Gasteiger partial charge in [-0.15, -0.1) is 0 Å². The zero-order chi connectivity index (χ0) is 16.5. The van der Waals surface area contributed by atoms with Crippen molar-refractivity contribution in [3.63, 3.8) is 0 Å².